The normalized spacial score (nSPS) is 12.4. The van der Waals surface area contributed by atoms with Crippen LogP contribution in [0.25, 0.3) is 0 Å². The Bertz CT molecular complexity index is 353. The first-order valence-corrected chi connectivity index (χ1v) is 6.12. The van der Waals surface area contributed by atoms with Gasteiger partial charge in [-0.25, -0.2) is 0 Å². The molecule has 0 aliphatic rings. The molecule has 0 radical (unpaired) electrons. The molecule has 4 heteroatoms. The van der Waals surface area contributed by atoms with E-state index in [0.29, 0.717) is 19.4 Å². The smallest absolute Gasteiger partial charge is 0.306 e. The number of hydrogen-bond donors (Lipinski definition) is 1. The summed E-state index contributed by atoms with van der Waals surface area (Å²) >= 11 is 0. The van der Waals surface area contributed by atoms with Gasteiger partial charge in [-0.05, 0) is 19.0 Å². The summed E-state index contributed by atoms with van der Waals surface area (Å²) in [6.07, 6.45) is 0.586. The second-order valence-electron chi connectivity index (χ2n) is 4.34. The molecule has 0 aliphatic heterocycles. The van der Waals surface area contributed by atoms with Crippen LogP contribution in [0.5, 0.6) is 0 Å². The third-order valence-electron chi connectivity index (χ3n) is 2.89. The Kier molecular flexibility index (Phi) is 6.39. The minimum Gasteiger partial charge on any atom is -0.469 e. The predicted octanol–water partition coefficient (Wildman–Crippen LogP) is 1.60. The quantitative estimate of drug-likeness (QED) is 0.748. The number of carbonyl (C=O) groups is 1. The van der Waals surface area contributed by atoms with Crippen molar-refractivity contribution < 1.29 is 14.6 Å². The second kappa shape index (κ2) is 7.84. The van der Waals surface area contributed by atoms with Crippen molar-refractivity contribution in [1.82, 2.24) is 4.90 Å². The van der Waals surface area contributed by atoms with E-state index < -0.39 is 6.10 Å². The Morgan fingerprint density at radius 2 is 2.00 bits per heavy atom. The number of esters is 1. The minimum atomic E-state index is -0.452. The Morgan fingerprint density at radius 1 is 1.33 bits per heavy atom. The van der Waals surface area contributed by atoms with Gasteiger partial charge in [0.2, 0.25) is 0 Å². The van der Waals surface area contributed by atoms with E-state index in [1.807, 2.05) is 42.3 Å². The Morgan fingerprint density at radius 3 is 2.61 bits per heavy atom. The van der Waals surface area contributed by atoms with Crippen molar-refractivity contribution >= 4 is 5.97 Å². The van der Waals surface area contributed by atoms with Gasteiger partial charge in [-0.3, -0.25) is 4.79 Å². The predicted molar refractivity (Wildman–Crippen MR) is 70.1 cm³/mol. The number of rotatable bonds is 7. The molecular weight excluding hydrogens is 230 g/mol. The highest BCUT2D eigenvalue weighted by Crippen LogP contribution is 2.15. The molecule has 18 heavy (non-hydrogen) atoms. The summed E-state index contributed by atoms with van der Waals surface area (Å²) < 4.78 is 4.58. The van der Waals surface area contributed by atoms with E-state index in [1.165, 1.54) is 7.11 Å². The molecule has 1 rings (SSSR count). The zero-order valence-electron chi connectivity index (χ0n) is 11.0. The molecule has 0 amide bonds. The van der Waals surface area contributed by atoms with Crippen molar-refractivity contribution in [3.05, 3.63) is 35.9 Å². The molecule has 0 saturated heterocycles. The van der Waals surface area contributed by atoms with Gasteiger partial charge in [0.15, 0.2) is 0 Å². The molecule has 0 spiro atoms. The highest BCUT2D eigenvalue weighted by Gasteiger charge is 2.09. The number of ether oxygens (including phenoxy) is 1. The van der Waals surface area contributed by atoms with Crippen molar-refractivity contribution in [2.24, 2.45) is 0 Å². The van der Waals surface area contributed by atoms with Gasteiger partial charge in [0.1, 0.15) is 0 Å². The molecule has 0 aromatic heterocycles. The first-order chi connectivity index (χ1) is 8.63. The fourth-order valence-corrected chi connectivity index (χ4v) is 1.68. The highest BCUT2D eigenvalue weighted by molar-refractivity contribution is 5.69. The number of aliphatic hydroxyl groups is 1. The molecule has 4 nitrogen and oxygen atoms in total. The van der Waals surface area contributed by atoms with Gasteiger partial charge >= 0.3 is 5.97 Å². The Hall–Kier alpha value is -1.39. The van der Waals surface area contributed by atoms with Crippen LogP contribution in [0.15, 0.2) is 30.3 Å². The van der Waals surface area contributed by atoms with Crippen LogP contribution in [-0.2, 0) is 9.53 Å². The van der Waals surface area contributed by atoms with E-state index >= 15 is 0 Å². The lowest BCUT2D eigenvalue weighted by atomic mass is 10.1. The van der Waals surface area contributed by atoms with Crippen LogP contribution in [-0.4, -0.2) is 43.2 Å². The maximum absolute atomic E-state index is 11.0. The standard InChI is InChI=1S/C14H21NO3/c1-15(11-9-14(17)18-2)10-8-13(16)12-6-4-3-5-7-12/h3-7,13,16H,8-11H2,1-2H3. The number of hydrogen-bond acceptors (Lipinski definition) is 4. The van der Waals surface area contributed by atoms with Crippen LogP contribution in [0.1, 0.15) is 24.5 Å². The summed E-state index contributed by atoms with van der Waals surface area (Å²) in [6, 6.07) is 9.59. The SMILES string of the molecule is COC(=O)CCN(C)CCC(O)c1ccccc1. The van der Waals surface area contributed by atoms with Crippen LogP contribution >= 0.6 is 0 Å². The lowest BCUT2D eigenvalue weighted by molar-refractivity contribution is -0.140. The van der Waals surface area contributed by atoms with E-state index in [1.54, 1.807) is 0 Å². The van der Waals surface area contributed by atoms with Crippen molar-refractivity contribution in [1.29, 1.82) is 0 Å². The summed E-state index contributed by atoms with van der Waals surface area (Å²) in [6.45, 7) is 1.39. The van der Waals surface area contributed by atoms with Crippen molar-refractivity contribution in [2.75, 3.05) is 27.2 Å². The van der Waals surface area contributed by atoms with Crippen LogP contribution < -0.4 is 0 Å². The first-order valence-electron chi connectivity index (χ1n) is 6.12. The van der Waals surface area contributed by atoms with Crippen molar-refractivity contribution in [2.45, 2.75) is 18.9 Å². The van der Waals surface area contributed by atoms with E-state index in [2.05, 4.69) is 4.74 Å². The molecule has 1 aromatic carbocycles. The van der Waals surface area contributed by atoms with E-state index in [4.69, 9.17) is 0 Å². The Balaban J connectivity index is 2.26. The summed E-state index contributed by atoms with van der Waals surface area (Å²) in [4.78, 5) is 13.0. The lowest BCUT2D eigenvalue weighted by Crippen LogP contribution is -2.24. The van der Waals surface area contributed by atoms with Gasteiger partial charge in [0.25, 0.3) is 0 Å². The average molecular weight is 251 g/mol. The average Bonchev–Trinajstić information content (AvgIpc) is 2.42. The van der Waals surface area contributed by atoms with Gasteiger partial charge in [0, 0.05) is 13.1 Å². The minimum absolute atomic E-state index is 0.203. The zero-order valence-corrected chi connectivity index (χ0v) is 11.0. The summed E-state index contributed by atoms with van der Waals surface area (Å²) in [5, 5.41) is 9.97. The van der Waals surface area contributed by atoms with Gasteiger partial charge in [-0.1, -0.05) is 30.3 Å². The second-order valence-corrected chi connectivity index (χ2v) is 4.34. The third kappa shape index (κ3) is 5.29. The summed E-state index contributed by atoms with van der Waals surface area (Å²) in [5.41, 5.74) is 0.930. The maximum atomic E-state index is 11.0. The molecular formula is C14H21NO3. The number of nitrogens with zero attached hydrogens (tertiary/aromatic N) is 1. The van der Waals surface area contributed by atoms with Gasteiger partial charge in [-0.15, -0.1) is 0 Å². The van der Waals surface area contributed by atoms with E-state index in [-0.39, 0.29) is 5.97 Å². The number of aliphatic hydroxyl groups excluding tert-OH is 1. The molecule has 1 atom stereocenters. The first kappa shape index (κ1) is 14.7. The molecule has 0 saturated carbocycles. The molecule has 0 fully saturated rings. The molecule has 100 valence electrons. The molecule has 0 heterocycles. The van der Waals surface area contributed by atoms with Crippen molar-refractivity contribution in [3.63, 3.8) is 0 Å². The zero-order chi connectivity index (χ0) is 13.4. The van der Waals surface area contributed by atoms with Crippen LogP contribution in [0, 0.1) is 0 Å². The number of benzene rings is 1. The van der Waals surface area contributed by atoms with Gasteiger partial charge in [-0.2, -0.15) is 0 Å². The van der Waals surface area contributed by atoms with Crippen molar-refractivity contribution in [3.8, 4) is 0 Å². The van der Waals surface area contributed by atoms with Crippen LogP contribution in [0.4, 0.5) is 0 Å². The van der Waals surface area contributed by atoms with E-state index in [9.17, 15) is 9.90 Å². The fourth-order valence-electron chi connectivity index (χ4n) is 1.68. The van der Waals surface area contributed by atoms with E-state index in [0.717, 1.165) is 12.1 Å². The summed E-state index contributed by atoms with van der Waals surface area (Å²) in [5.74, 6) is -0.203. The maximum Gasteiger partial charge on any atom is 0.306 e. The number of methoxy groups -OCH3 is 1. The molecule has 0 aliphatic carbocycles. The van der Waals surface area contributed by atoms with Gasteiger partial charge < -0.3 is 14.7 Å². The lowest BCUT2D eigenvalue weighted by Gasteiger charge is -2.18. The van der Waals surface area contributed by atoms with Crippen LogP contribution in [0.3, 0.4) is 0 Å². The third-order valence-corrected chi connectivity index (χ3v) is 2.89. The van der Waals surface area contributed by atoms with Gasteiger partial charge in [0.05, 0.1) is 19.6 Å². The summed E-state index contributed by atoms with van der Waals surface area (Å²) in [7, 11) is 3.32. The van der Waals surface area contributed by atoms with Crippen LogP contribution in [0.2, 0.25) is 0 Å². The molecule has 0 bridgehead atoms. The number of carbonyl (C=O) groups excluding carboxylic acids is 1. The monoisotopic (exact) mass is 251 g/mol. The molecule has 1 N–H and O–H groups in total. The Labute approximate surface area is 108 Å². The molecule has 1 aromatic rings. The fraction of sp³-hybridized carbons (Fsp3) is 0.500. The highest BCUT2D eigenvalue weighted by atomic mass is 16.5. The topological polar surface area (TPSA) is 49.8 Å². The largest absolute Gasteiger partial charge is 0.469 e. The molecule has 1 unspecified atom stereocenters.